The predicted molar refractivity (Wildman–Crippen MR) is 56.8 cm³/mol. The van der Waals surface area contributed by atoms with Crippen LogP contribution < -0.4 is 0 Å². The third kappa shape index (κ3) is 4.36. The highest BCUT2D eigenvalue weighted by atomic mass is 19.3. The van der Waals surface area contributed by atoms with Gasteiger partial charge < -0.3 is 4.90 Å². The van der Waals surface area contributed by atoms with E-state index in [0.717, 1.165) is 6.42 Å². The zero-order valence-electron chi connectivity index (χ0n) is 9.98. The van der Waals surface area contributed by atoms with E-state index >= 15 is 0 Å². The van der Waals surface area contributed by atoms with Crippen molar-refractivity contribution in [1.82, 2.24) is 4.90 Å². The van der Waals surface area contributed by atoms with Crippen LogP contribution in [-0.2, 0) is 0 Å². The van der Waals surface area contributed by atoms with Gasteiger partial charge in [-0.05, 0) is 32.9 Å². The Labute approximate surface area is 86.5 Å². The lowest BCUT2D eigenvalue weighted by Gasteiger charge is -2.32. The van der Waals surface area contributed by atoms with Gasteiger partial charge in [-0.25, -0.2) is 8.78 Å². The molecule has 0 heterocycles. The van der Waals surface area contributed by atoms with Crippen molar-refractivity contribution < 1.29 is 8.78 Å². The summed E-state index contributed by atoms with van der Waals surface area (Å²) in [5, 5.41) is 0. The van der Waals surface area contributed by atoms with Crippen LogP contribution in [-0.4, -0.2) is 31.0 Å². The minimum Gasteiger partial charge on any atom is -0.301 e. The van der Waals surface area contributed by atoms with Crippen LogP contribution in [0, 0.1) is 5.92 Å². The standard InChI is InChI=1S/C11H23F2N/c1-6-11(12,13)10(14(4)5)8-7-9(2)3/h9-10H,6-8H2,1-5H3. The summed E-state index contributed by atoms with van der Waals surface area (Å²) in [5.41, 5.74) is 0. The van der Waals surface area contributed by atoms with E-state index in [2.05, 4.69) is 13.8 Å². The highest BCUT2D eigenvalue weighted by molar-refractivity contribution is 4.82. The number of halogens is 2. The van der Waals surface area contributed by atoms with Crippen LogP contribution in [0.2, 0.25) is 0 Å². The molecule has 14 heavy (non-hydrogen) atoms. The first kappa shape index (κ1) is 13.8. The van der Waals surface area contributed by atoms with E-state index in [9.17, 15) is 8.78 Å². The van der Waals surface area contributed by atoms with Gasteiger partial charge in [-0.1, -0.05) is 20.8 Å². The first-order valence-corrected chi connectivity index (χ1v) is 5.35. The average Bonchev–Trinajstić information content (AvgIpc) is 2.03. The SMILES string of the molecule is CCC(F)(F)C(CCC(C)C)N(C)C. The largest absolute Gasteiger partial charge is 0.301 e. The fraction of sp³-hybridized carbons (Fsp3) is 1.00. The van der Waals surface area contributed by atoms with Gasteiger partial charge in [0.1, 0.15) is 0 Å². The van der Waals surface area contributed by atoms with Crippen molar-refractivity contribution in [3.8, 4) is 0 Å². The lowest BCUT2D eigenvalue weighted by atomic mass is 9.97. The van der Waals surface area contributed by atoms with E-state index < -0.39 is 12.0 Å². The third-order valence-corrected chi connectivity index (χ3v) is 2.60. The Bertz CT molecular complexity index is 155. The molecule has 0 saturated carbocycles. The van der Waals surface area contributed by atoms with Crippen molar-refractivity contribution in [3.63, 3.8) is 0 Å². The lowest BCUT2D eigenvalue weighted by Crippen LogP contribution is -2.43. The van der Waals surface area contributed by atoms with Crippen LogP contribution in [0.1, 0.15) is 40.0 Å². The normalized spacial score (nSPS) is 15.2. The van der Waals surface area contributed by atoms with Gasteiger partial charge in [0.2, 0.25) is 0 Å². The van der Waals surface area contributed by atoms with Gasteiger partial charge in [0.05, 0.1) is 6.04 Å². The number of hydrogen-bond acceptors (Lipinski definition) is 1. The first-order chi connectivity index (χ1) is 6.31. The highest BCUT2D eigenvalue weighted by Crippen LogP contribution is 2.29. The highest BCUT2D eigenvalue weighted by Gasteiger charge is 2.38. The molecule has 86 valence electrons. The molecule has 1 unspecified atom stereocenters. The minimum atomic E-state index is -2.56. The smallest absolute Gasteiger partial charge is 0.263 e. The molecule has 0 amide bonds. The molecule has 3 heteroatoms. The van der Waals surface area contributed by atoms with Gasteiger partial charge in [-0.2, -0.15) is 0 Å². The monoisotopic (exact) mass is 207 g/mol. The molecule has 1 atom stereocenters. The van der Waals surface area contributed by atoms with Crippen molar-refractivity contribution in [2.45, 2.75) is 52.0 Å². The van der Waals surface area contributed by atoms with Gasteiger partial charge in [-0.15, -0.1) is 0 Å². The Kier molecular flexibility index (Phi) is 5.57. The zero-order chi connectivity index (χ0) is 11.4. The zero-order valence-corrected chi connectivity index (χ0v) is 9.98. The first-order valence-electron chi connectivity index (χ1n) is 5.35. The molecule has 0 spiro atoms. The van der Waals surface area contributed by atoms with Crippen molar-refractivity contribution in [2.75, 3.05) is 14.1 Å². The summed E-state index contributed by atoms with van der Waals surface area (Å²) in [5.74, 6) is -2.07. The van der Waals surface area contributed by atoms with E-state index in [0.29, 0.717) is 12.3 Å². The molecule has 0 bridgehead atoms. The predicted octanol–water partition coefficient (Wildman–Crippen LogP) is 3.40. The van der Waals surface area contributed by atoms with E-state index in [1.54, 1.807) is 25.9 Å². The molecule has 0 aliphatic rings. The molecule has 0 saturated heterocycles. The van der Waals surface area contributed by atoms with Gasteiger partial charge in [0.25, 0.3) is 5.92 Å². The quantitative estimate of drug-likeness (QED) is 0.645. The lowest BCUT2D eigenvalue weighted by molar-refractivity contribution is -0.0761. The average molecular weight is 207 g/mol. The van der Waals surface area contributed by atoms with E-state index in [-0.39, 0.29) is 6.42 Å². The number of alkyl halides is 2. The molecule has 0 aliphatic heterocycles. The molecule has 0 rings (SSSR count). The molecular formula is C11H23F2N. The maximum Gasteiger partial charge on any atom is 0.263 e. The molecule has 0 aromatic heterocycles. The van der Waals surface area contributed by atoms with Crippen LogP contribution in [0.5, 0.6) is 0 Å². The van der Waals surface area contributed by atoms with Gasteiger partial charge in [0, 0.05) is 6.42 Å². The molecule has 0 N–H and O–H groups in total. The second kappa shape index (κ2) is 5.64. The second-order valence-corrected chi connectivity index (χ2v) is 4.57. The Morgan fingerprint density at radius 3 is 1.93 bits per heavy atom. The Morgan fingerprint density at radius 1 is 1.14 bits per heavy atom. The Balaban J connectivity index is 4.29. The van der Waals surface area contributed by atoms with Gasteiger partial charge >= 0.3 is 0 Å². The van der Waals surface area contributed by atoms with Crippen LogP contribution in [0.3, 0.4) is 0 Å². The molecule has 0 fully saturated rings. The second-order valence-electron chi connectivity index (χ2n) is 4.57. The molecule has 0 aromatic carbocycles. The topological polar surface area (TPSA) is 3.24 Å². The minimum absolute atomic E-state index is 0.0755. The van der Waals surface area contributed by atoms with Gasteiger partial charge in [-0.3, -0.25) is 0 Å². The third-order valence-electron chi connectivity index (χ3n) is 2.60. The van der Waals surface area contributed by atoms with Crippen LogP contribution in [0.4, 0.5) is 8.78 Å². The Hall–Kier alpha value is -0.180. The van der Waals surface area contributed by atoms with E-state index in [4.69, 9.17) is 0 Å². The number of rotatable bonds is 6. The molecule has 0 aliphatic carbocycles. The summed E-state index contributed by atoms with van der Waals surface area (Å²) in [6.07, 6.45) is 1.36. The van der Waals surface area contributed by atoms with Crippen LogP contribution in [0.15, 0.2) is 0 Å². The summed E-state index contributed by atoms with van der Waals surface area (Å²) in [6, 6.07) is -0.616. The van der Waals surface area contributed by atoms with Crippen molar-refractivity contribution in [1.29, 1.82) is 0 Å². The van der Waals surface area contributed by atoms with E-state index in [1.165, 1.54) is 0 Å². The fourth-order valence-corrected chi connectivity index (χ4v) is 1.57. The fourth-order valence-electron chi connectivity index (χ4n) is 1.57. The van der Waals surface area contributed by atoms with Crippen molar-refractivity contribution in [3.05, 3.63) is 0 Å². The molecular weight excluding hydrogens is 184 g/mol. The summed E-state index contributed by atoms with van der Waals surface area (Å²) < 4.78 is 27.0. The Morgan fingerprint density at radius 2 is 1.64 bits per heavy atom. The van der Waals surface area contributed by atoms with E-state index in [1.807, 2.05) is 0 Å². The summed E-state index contributed by atoms with van der Waals surface area (Å²) in [4.78, 5) is 1.64. The number of hydrogen-bond donors (Lipinski definition) is 0. The molecule has 0 radical (unpaired) electrons. The maximum absolute atomic E-state index is 13.5. The van der Waals surface area contributed by atoms with Crippen molar-refractivity contribution in [2.24, 2.45) is 5.92 Å². The van der Waals surface area contributed by atoms with Crippen LogP contribution >= 0.6 is 0 Å². The molecule has 1 nitrogen and oxygen atoms in total. The van der Waals surface area contributed by atoms with Crippen LogP contribution in [0.25, 0.3) is 0 Å². The van der Waals surface area contributed by atoms with Gasteiger partial charge in [0.15, 0.2) is 0 Å². The maximum atomic E-state index is 13.5. The number of nitrogens with zero attached hydrogens (tertiary/aromatic N) is 1. The summed E-state index contributed by atoms with van der Waals surface area (Å²) in [6.45, 7) is 5.68. The van der Waals surface area contributed by atoms with Crippen molar-refractivity contribution >= 4 is 0 Å². The summed E-state index contributed by atoms with van der Waals surface area (Å²) in [7, 11) is 3.46. The molecule has 0 aromatic rings. The summed E-state index contributed by atoms with van der Waals surface area (Å²) >= 11 is 0.